The van der Waals surface area contributed by atoms with E-state index in [1.165, 1.54) is 12.1 Å². The van der Waals surface area contributed by atoms with Crippen LogP contribution in [0.5, 0.6) is 0 Å². The summed E-state index contributed by atoms with van der Waals surface area (Å²) < 4.78 is 15.1. The summed E-state index contributed by atoms with van der Waals surface area (Å²) in [4.78, 5) is 19.4. The molecule has 1 amide bonds. The molecule has 0 radical (unpaired) electrons. The molecule has 1 aliphatic carbocycles. The number of hydrogen-bond acceptors (Lipinski definition) is 2. The summed E-state index contributed by atoms with van der Waals surface area (Å²) in [6.45, 7) is 3.09. The second-order valence-electron chi connectivity index (χ2n) is 7.13. The highest BCUT2D eigenvalue weighted by Gasteiger charge is 2.33. The third-order valence-corrected chi connectivity index (χ3v) is 4.93. The summed E-state index contributed by atoms with van der Waals surface area (Å²) in [7, 11) is 0. The Morgan fingerprint density at radius 1 is 1.15 bits per heavy atom. The predicted octanol–water partition coefficient (Wildman–Crippen LogP) is 4.18. The number of hydrogen-bond donors (Lipinski definition) is 0. The lowest BCUT2D eigenvalue weighted by Crippen LogP contribution is -2.33. The summed E-state index contributed by atoms with van der Waals surface area (Å²) in [6.07, 6.45) is 5.73. The van der Waals surface area contributed by atoms with E-state index in [0.717, 1.165) is 29.8 Å². The van der Waals surface area contributed by atoms with E-state index < -0.39 is 0 Å². The first-order chi connectivity index (χ1) is 13.1. The minimum atomic E-state index is -0.242. The molecule has 1 fully saturated rings. The van der Waals surface area contributed by atoms with Crippen molar-refractivity contribution in [2.24, 2.45) is 0 Å². The Balaban J connectivity index is 1.53. The molecule has 3 aromatic rings. The Morgan fingerprint density at radius 3 is 2.52 bits per heavy atom. The predicted molar refractivity (Wildman–Crippen MR) is 102 cm³/mol. The molecule has 0 atom stereocenters. The molecule has 0 bridgehead atoms. The van der Waals surface area contributed by atoms with E-state index in [2.05, 4.69) is 4.98 Å². The van der Waals surface area contributed by atoms with Crippen molar-refractivity contribution in [1.29, 1.82) is 0 Å². The lowest BCUT2D eigenvalue weighted by Gasteiger charge is -2.23. The average molecular weight is 363 g/mol. The highest BCUT2D eigenvalue weighted by atomic mass is 19.1. The van der Waals surface area contributed by atoms with Gasteiger partial charge in [-0.2, -0.15) is 0 Å². The van der Waals surface area contributed by atoms with E-state index in [1.807, 2.05) is 46.9 Å². The molecule has 0 spiro atoms. The van der Waals surface area contributed by atoms with Gasteiger partial charge in [-0.3, -0.25) is 4.79 Å². The summed E-state index contributed by atoms with van der Waals surface area (Å²) in [5.74, 6) is 0.647. The second kappa shape index (κ2) is 7.35. The number of halogens is 1. The van der Waals surface area contributed by atoms with Crippen LogP contribution in [0.3, 0.4) is 0 Å². The number of aryl methyl sites for hydroxylation is 1. The van der Waals surface area contributed by atoms with Gasteiger partial charge in [-0.25, -0.2) is 9.37 Å². The quantitative estimate of drug-likeness (QED) is 0.659. The Labute approximate surface area is 158 Å². The molecule has 4 rings (SSSR count). The van der Waals surface area contributed by atoms with Gasteiger partial charge in [0.25, 0.3) is 5.91 Å². The lowest BCUT2D eigenvalue weighted by atomic mass is 10.1. The van der Waals surface area contributed by atoms with Gasteiger partial charge in [-0.1, -0.05) is 29.8 Å². The fraction of sp³-hybridized carbons (Fsp3) is 0.273. The highest BCUT2D eigenvalue weighted by Crippen LogP contribution is 2.29. The van der Waals surface area contributed by atoms with Crippen molar-refractivity contribution in [1.82, 2.24) is 14.5 Å². The minimum absolute atomic E-state index is 0.0498. The zero-order valence-electron chi connectivity index (χ0n) is 15.3. The molecule has 1 saturated carbocycles. The molecule has 1 heterocycles. The number of nitrogens with zero attached hydrogens (tertiary/aromatic N) is 3. The first-order valence-corrected chi connectivity index (χ1v) is 9.22. The van der Waals surface area contributed by atoms with Gasteiger partial charge in [0.2, 0.25) is 0 Å². The number of imidazole rings is 1. The first kappa shape index (κ1) is 17.5. The number of carbonyl (C=O) groups excluding carboxylic acids is 1. The SMILES string of the molecule is Cc1ccc(C(=O)N(Cc2nccn2Cc2ccc(F)cc2)C2CC2)cc1. The molecule has 0 aliphatic heterocycles. The first-order valence-electron chi connectivity index (χ1n) is 9.22. The van der Waals surface area contributed by atoms with Gasteiger partial charge in [0, 0.05) is 30.5 Å². The lowest BCUT2D eigenvalue weighted by molar-refractivity contribution is 0.0723. The maximum atomic E-state index is 13.1. The standard InChI is InChI=1S/C22H22FN3O/c1-16-2-6-18(7-3-16)22(27)26(20-10-11-20)15-21-24-12-13-25(21)14-17-4-8-19(23)9-5-17/h2-9,12-13,20H,10-11,14-15H2,1H3. The molecule has 4 nitrogen and oxygen atoms in total. The molecule has 2 aromatic carbocycles. The molecule has 27 heavy (non-hydrogen) atoms. The molecular weight excluding hydrogens is 341 g/mol. The third kappa shape index (κ3) is 4.08. The van der Waals surface area contributed by atoms with Gasteiger partial charge in [0.05, 0.1) is 6.54 Å². The average Bonchev–Trinajstić information content (AvgIpc) is 3.42. The monoisotopic (exact) mass is 363 g/mol. The van der Waals surface area contributed by atoms with Gasteiger partial charge in [0.15, 0.2) is 0 Å². The summed E-state index contributed by atoms with van der Waals surface area (Å²) in [5.41, 5.74) is 2.85. The maximum absolute atomic E-state index is 13.1. The maximum Gasteiger partial charge on any atom is 0.254 e. The topological polar surface area (TPSA) is 38.1 Å². The number of carbonyl (C=O) groups is 1. The van der Waals surface area contributed by atoms with Crippen LogP contribution < -0.4 is 0 Å². The molecular formula is C22H22FN3O. The van der Waals surface area contributed by atoms with Crippen molar-refractivity contribution in [2.75, 3.05) is 0 Å². The third-order valence-electron chi connectivity index (χ3n) is 4.93. The largest absolute Gasteiger partial charge is 0.329 e. The Hall–Kier alpha value is -2.95. The van der Waals surface area contributed by atoms with Crippen LogP contribution in [0, 0.1) is 12.7 Å². The molecule has 0 saturated heterocycles. The van der Waals surface area contributed by atoms with Crippen LogP contribution in [0.4, 0.5) is 4.39 Å². The van der Waals surface area contributed by atoms with Crippen LogP contribution in [0.1, 0.15) is 40.2 Å². The van der Waals surface area contributed by atoms with Gasteiger partial charge >= 0.3 is 0 Å². The van der Waals surface area contributed by atoms with Crippen LogP contribution in [0.25, 0.3) is 0 Å². The zero-order valence-corrected chi connectivity index (χ0v) is 15.3. The van der Waals surface area contributed by atoms with Crippen LogP contribution >= 0.6 is 0 Å². The van der Waals surface area contributed by atoms with E-state index >= 15 is 0 Å². The summed E-state index contributed by atoms with van der Waals surface area (Å²) in [6, 6.07) is 14.5. The van der Waals surface area contributed by atoms with Crippen molar-refractivity contribution in [3.05, 3.63) is 89.3 Å². The van der Waals surface area contributed by atoms with Gasteiger partial charge in [0.1, 0.15) is 11.6 Å². The van der Waals surface area contributed by atoms with Crippen LogP contribution in [-0.2, 0) is 13.1 Å². The van der Waals surface area contributed by atoms with E-state index in [1.54, 1.807) is 18.3 Å². The fourth-order valence-corrected chi connectivity index (χ4v) is 3.19. The van der Waals surface area contributed by atoms with Crippen molar-refractivity contribution in [2.45, 2.75) is 38.9 Å². The Kier molecular flexibility index (Phi) is 4.75. The highest BCUT2D eigenvalue weighted by molar-refractivity contribution is 5.94. The molecule has 0 N–H and O–H groups in total. The van der Waals surface area contributed by atoms with Gasteiger partial charge < -0.3 is 9.47 Å². The second-order valence-corrected chi connectivity index (χ2v) is 7.13. The Morgan fingerprint density at radius 2 is 1.85 bits per heavy atom. The van der Waals surface area contributed by atoms with Crippen molar-refractivity contribution >= 4 is 5.91 Å². The van der Waals surface area contributed by atoms with Crippen LogP contribution in [0.15, 0.2) is 60.9 Å². The molecule has 0 unspecified atom stereocenters. The fourth-order valence-electron chi connectivity index (χ4n) is 3.19. The van der Waals surface area contributed by atoms with E-state index in [9.17, 15) is 9.18 Å². The van der Waals surface area contributed by atoms with Crippen LogP contribution in [-0.4, -0.2) is 26.4 Å². The van der Waals surface area contributed by atoms with E-state index in [-0.39, 0.29) is 17.8 Å². The molecule has 1 aliphatic rings. The smallest absolute Gasteiger partial charge is 0.254 e. The number of rotatable bonds is 6. The van der Waals surface area contributed by atoms with E-state index in [4.69, 9.17) is 0 Å². The van der Waals surface area contributed by atoms with Gasteiger partial charge in [-0.05, 0) is 49.6 Å². The van der Waals surface area contributed by atoms with E-state index in [0.29, 0.717) is 18.7 Å². The van der Waals surface area contributed by atoms with Crippen molar-refractivity contribution < 1.29 is 9.18 Å². The molecule has 138 valence electrons. The number of benzene rings is 2. The number of amides is 1. The van der Waals surface area contributed by atoms with Crippen molar-refractivity contribution in [3.8, 4) is 0 Å². The number of aromatic nitrogens is 2. The summed E-state index contributed by atoms with van der Waals surface area (Å²) >= 11 is 0. The molecule has 5 heteroatoms. The summed E-state index contributed by atoms with van der Waals surface area (Å²) in [5, 5.41) is 0. The van der Waals surface area contributed by atoms with Gasteiger partial charge in [-0.15, -0.1) is 0 Å². The van der Waals surface area contributed by atoms with Crippen LogP contribution in [0.2, 0.25) is 0 Å². The Bertz CT molecular complexity index is 927. The normalized spacial score (nSPS) is 13.6. The minimum Gasteiger partial charge on any atom is -0.329 e. The zero-order chi connectivity index (χ0) is 18.8. The molecule has 1 aromatic heterocycles. The van der Waals surface area contributed by atoms with Crippen molar-refractivity contribution in [3.63, 3.8) is 0 Å².